The predicted octanol–water partition coefficient (Wildman–Crippen LogP) is 1.24. The van der Waals surface area contributed by atoms with E-state index < -0.39 is 6.04 Å². The fourth-order valence-corrected chi connectivity index (χ4v) is 2.19. The molecule has 3 N–H and O–H groups in total. The number of carbonyl (C=O) groups is 3. The molecule has 0 unspecified atom stereocenters. The topological polar surface area (TPSA) is 96.5 Å². The maximum atomic E-state index is 12.2. The van der Waals surface area contributed by atoms with E-state index in [0.29, 0.717) is 37.4 Å². The number of hydrogen-bond acceptors (Lipinski definition) is 4. The van der Waals surface area contributed by atoms with Crippen molar-refractivity contribution in [1.82, 2.24) is 16.0 Å². The van der Waals surface area contributed by atoms with Gasteiger partial charge in [0.05, 0.1) is 12.2 Å². The quantitative estimate of drug-likeness (QED) is 0.554. The van der Waals surface area contributed by atoms with Gasteiger partial charge in [0.25, 0.3) is 5.91 Å². The number of benzene rings is 1. The summed E-state index contributed by atoms with van der Waals surface area (Å²) < 4.78 is 5.43. The molecule has 0 saturated heterocycles. The van der Waals surface area contributed by atoms with Gasteiger partial charge in [-0.15, -0.1) is 0 Å². The summed E-state index contributed by atoms with van der Waals surface area (Å²) in [5.41, 5.74) is 0.471. The SMILES string of the molecule is CCNC(=O)[C@H](C)NC(=O)CCCNC(=O)c1ccccc1OCC. The molecular weight excluding hydrogens is 322 g/mol. The molecule has 0 bridgehead atoms. The molecule has 7 heteroatoms. The molecule has 0 aromatic heterocycles. The molecule has 1 atom stereocenters. The lowest BCUT2D eigenvalue weighted by atomic mass is 10.2. The lowest BCUT2D eigenvalue weighted by Gasteiger charge is -2.13. The number of ether oxygens (including phenoxy) is 1. The van der Waals surface area contributed by atoms with Crippen LogP contribution in [0.4, 0.5) is 0 Å². The number of likely N-dealkylation sites (N-methyl/N-ethyl adjacent to an activating group) is 1. The van der Waals surface area contributed by atoms with E-state index in [-0.39, 0.29) is 24.1 Å². The molecule has 0 heterocycles. The van der Waals surface area contributed by atoms with Crippen LogP contribution in [0.1, 0.15) is 44.0 Å². The molecule has 0 radical (unpaired) electrons. The number of hydrogen-bond donors (Lipinski definition) is 3. The minimum atomic E-state index is -0.569. The van der Waals surface area contributed by atoms with E-state index in [1.807, 2.05) is 19.9 Å². The lowest BCUT2D eigenvalue weighted by molar-refractivity contribution is -0.128. The van der Waals surface area contributed by atoms with Crippen molar-refractivity contribution >= 4 is 17.7 Å². The second kappa shape index (κ2) is 11.1. The summed E-state index contributed by atoms with van der Waals surface area (Å²) in [6.07, 6.45) is 0.716. The third-order valence-electron chi connectivity index (χ3n) is 3.42. The molecule has 25 heavy (non-hydrogen) atoms. The fraction of sp³-hybridized carbons (Fsp3) is 0.500. The van der Waals surface area contributed by atoms with E-state index in [1.165, 1.54) is 0 Å². The van der Waals surface area contributed by atoms with Gasteiger partial charge in [-0.2, -0.15) is 0 Å². The van der Waals surface area contributed by atoms with E-state index in [9.17, 15) is 14.4 Å². The van der Waals surface area contributed by atoms with Crippen LogP contribution in [0.5, 0.6) is 5.75 Å². The maximum Gasteiger partial charge on any atom is 0.255 e. The molecule has 0 aliphatic heterocycles. The summed E-state index contributed by atoms with van der Waals surface area (Å²) in [5, 5.41) is 8.04. The van der Waals surface area contributed by atoms with E-state index in [4.69, 9.17) is 4.74 Å². The van der Waals surface area contributed by atoms with Gasteiger partial charge in [0, 0.05) is 19.5 Å². The molecular formula is C18H27N3O4. The average Bonchev–Trinajstić information content (AvgIpc) is 2.59. The Bertz CT molecular complexity index is 589. The second-order valence-corrected chi connectivity index (χ2v) is 5.47. The molecule has 0 saturated carbocycles. The van der Waals surface area contributed by atoms with Gasteiger partial charge in [0.1, 0.15) is 11.8 Å². The van der Waals surface area contributed by atoms with Gasteiger partial charge < -0.3 is 20.7 Å². The van der Waals surface area contributed by atoms with Crippen LogP contribution in [0.15, 0.2) is 24.3 Å². The van der Waals surface area contributed by atoms with E-state index in [0.717, 1.165) is 0 Å². The zero-order chi connectivity index (χ0) is 18.7. The predicted molar refractivity (Wildman–Crippen MR) is 95.5 cm³/mol. The second-order valence-electron chi connectivity index (χ2n) is 5.47. The Morgan fingerprint density at radius 1 is 1.12 bits per heavy atom. The van der Waals surface area contributed by atoms with Crippen LogP contribution in [0.25, 0.3) is 0 Å². The van der Waals surface area contributed by atoms with Crippen molar-refractivity contribution in [3.05, 3.63) is 29.8 Å². The number of amides is 3. The molecule has 1 aromatic carbocycles. The summed E-state index contributed by atoms with van der Waals surface area (Å²) in [5.74, 6) is -0.129. The standard InChI is InChI=1S/C18H27N3O4/c1-4-19-17(23)13(3)21-16(22)11-8-12-20-18(24)14-9-6-7-10-15(14)25-5-2/h6-7,9-10,13H,4-5,8,11-12H2,1-3H3,(H,19,23)(H,20,24)(H,21,22)/t13-/m0/s1. The highest BCUT2D eigenvalue weighted by Crippen LogP contribution is 2.17. The van der Waals surface area contributed by atoms with E-state index in [2.05, 4.69) is 16.0 Å². The summed E-state index contributed by atoms with van der Waals surface area (Å²) in [7, 11) is 0. The summed E-state index contributed by atoms with van der Waals surface area (Å²) in [6.45, 7) is 6.67. The summed E-state index contributed by atoms with van der Waals surface area (Å²) in [6, 6.07) is 6.45. The minimum absolute atomic E-state index is 0.211. The van der Waals surface area contributed by atoms with Gasteiger partial charge in [0.2, 0.25) is 11.8 Å². The molecule has 0 spiro atoms. The van der Waals surface area contributed by atoms with Crippen LogP contribution in [-0.4, -0.2) is 43.5 Å². The Labute approximate surface area is 148 Å². The van der Waals surface area contributed by atoms with Crippen molar-refractivity contribution in [2.45, 2.75) is 39.7 Å². The van der Waals surface area contributed by atoms with Crippen molar-refractivity contribution < 1.29 is 19.1 Å². The van der Waals surface area contributed by atoms with Gasteiger partial charge >= 0.3 is 0 Å². The van der Waals surface area contributed by atoms with Crippen LogP contribution in [-0.2, 0) is 9.59 Å². The average molecular weight is 349 g/mol. The highest BCUT2D eigenvalue weighted by atomic mass is 16.5. The Balaban J connectivity index is 2.34. The van der Waals surface area contributed by atoms with Crippen molar-refractivity contribution in [1.29, 1.82) is 0 Å². The molecule has 1 rings (SSSR count). The van der Waals surface area contributed by atoms with Gasteiger partial charge in [-0.05, 0) is 39.3 Å². The van der Waals surface area contributed by atoms with E-state index in [1.54, 1.807) is 25.1 Å². The molecule has 0 aliphatic rings. The van der Waals surface area contributed by atoms with Gasteiger partial charge in [-0.1, -0.05) is 12.1 Å². The van der Waals surface area contributed by atoms with Crippen molar-refractivity contribution in [3.63, 3.8) is 0 Å². The smallest absolute Gasteiger partial charge is 0.255 e. The third-order valence-corrected chi connectivity index (χ3v) is 3.42. The van der Waals surface area contributed by atoms with Crippen LogP contribution in [0, 0.1) is 0 Å². The Hall–Kier alpha value is -2.57. The van der Waals surface area contributed by atoms with Crippen molar-refractivity contribution in [2.75, 3.05) is 19.7 Å². The lowest BCUT2D eigenvalue weighted by Crippen LogP contribution is -2.44. The summed E-state index contributed by atoms with van der Waals surface area (Å²) >= 11 is 0. The Morgan fingerprint density at radius 2 is 1.84 bits per heavy atom. The Morgan fingerprint density at radius 3 is 2.52 bits per heavy atom. The van der Waals surface area contributed by atoms with Crippen LogP contribution in [0.3, 0.4) is 0 Å². The zero-order valence-corrected chi connectivity index (χ0v) is 15.1. The highest BCUT2D eigenvalue weighted by molar-refractivity contribution is 5.96. The van der Waals surface area contributed by atoms with E-state index >= 15 is 0 Å². The molecule has 0 aliphatic carbocycles. The van der Waals surface area contributed by atoms with Crippen LogP contribution >= 0.6 is 0 Å². The monoisotopic (exact) mass is 349 g/mol. The van der Waals surface area contributed by atoms with Crippen LogP contribution in [0.2, 0.25) is 0 Å². The number of carbonyl (C=O) groups excluding carboxylic acids is 3. The van der Waals surface area contributed by atoms with Crippen molar-refractivity contribution in [2.24, 2.45) is 0 Å². The number of rotatable bonds is 10. The Kier molecular flexibility index (Phi) is 9.06. The van der Waals surface area contributed by atoms with Crippen LogP contribution < -0.4 is 20.7 Å². The van der Waals surface area contributed by atoms with Gasteiger partial charge in [-0.3, -0.25) is 14.4 Å². The first kappa shape index (κ1) is 20.5. The third kappa shape index (κ3) is 7.24. The van der Waals surface area contributed by atoms with Gasteiger partial charge in [-0.25, -0.2) is 0 Å². The maximum absolute atomic E-state index is 12.2. The molecule has 7 nitrogen and oxygen atoms in total. The number of nitrogens with one attached hydrogen (secondary N) is 3. The summed E-state index contributed by atoms with van der Waals surface area (Å²) in [4.78, 5) is 35.5. The minimum Gasteiger partial charge on any atom is -0.493 e. The largest absolute Gasteiger partial charge is 0.493 e. The first-order valence-corrected chi connectivity index (χ1v) is 8.56. The number of para-hydroxylation sites is 1. The highest BCUT2D eigenvalue weighted by Gasteiger charge is 2.15. The first-order valence-electron chi connectivity index (χ1n) is 8.56. The fourth-order valence-electron chi connectivity index (χ4n) is 2.19. The molecule has 3 amide bonds. The normalized spacial score (nSPS) is 11.3. The molecule has 1 aromatic rings. The zero-order valence-electron chi connectivity index (χ0n) is 15.1. The first-order chi connectivity index (χ1) is 12.0. The molecule has 138 valence electrons. The molecule has 0 fully saturated rings. The van der Waals surface area contributed by atoms with Crippen molar-refractivity contribution in [3.8, 4) is 5.75 Å². The van der Waals surface area contributed by atoms with Gasteiger partial charge in [0.15, 0.2) is 0 Å².